The highest BCUT2D eigenvalue weighted by molar-refractivity contribution is 5.54. The van der Waals surface area contributed by atoms with Crippen molar-refractivity contribution in [1.29, 1.82) is 0 Å². The standard InChI is InChI=1S/C19H28FN5/c1-14(16-9-8-15(20)13-17(16)24(2)3)21-11-10-19-23-22-18-7-5-4-6-12-25(18)19/h8-9,13-14,21H,4-7,10-12H2,1-3H3/t14-/m0/s1. The lowest BCUT2D eigenvalue weighted by atomic mass is 10.1. The number of rotatable bonds is 6. The molecule has 5 nitrogen and oxygen atoms in total. The van der Waals surface area contributed by atoms with Crippen LogP contribution >= 0.6 is 0 Å². The first-order valence-electron chi connectivity index (χ1n) is 9.17. The predicted molar refractivity (Wildman–Crippen MR) is 98.4 cm³/mol. The molecule has 2 heterocycles. The third-order valence-electron chi connectivity index (χ3n) is 4.93. The van der Waals surface area contributed by atoms with Gasteiger partial charge in [-0.25, -0.2) is 4.39 Å². The summed E-state index contributed by atoms with van der Waals surface area (Å²) in [6, 6.07) is 5.13. The Balaban J connectivity index is 1.62. The van der Waals surface area contributed by atoms with Crippen LogP contribution < -0.4 is 10.2 Å². The molecule has 2 aromatic rings. The number of hydrogen-bond acceptors (Lipinski definition) is 4. The molecule has 0 radical (unpaired) electrons. The summed E-state index contributed by atoms with van der Waals surface area (Å²) in [5.74, 6) is 2.00. The van der Waals surface area contributed by atoms with Crippen molar-refractivity contribution in [2.75, 3.05) is 25.5 Å². The van der Waals surface area contributed by atoms with E-state index in [9.17, 15) is 4.39 Å². The minimum absolute atomic E-state index is 0.143. The van der Waals surface area contributed by atoms with E-state index in [-0.39, 0.29) is 11.9 Å². The Bertz CT molecular complexity index is 710. The summed E-state index contributed by atoms with van der Waals surface area (Å²) < 4.78 is 15.8. The van der Waals surface area contributed by atoms with Crippen molar-refractivity contribution in [3.8, 4) is 0 Å². The summed E-state index contributed by atoms with van der Waals surface area (Å²) in [7, 11) is 3.88. The lowest BCUT2D eigenvalue weighted by molar-refractivity contribution is 0.547. The molecule has 0 amide bonds. The van der Waals surface area contributed by atoms with Crippen LogP contribution in [0.25, 0.3) is 0 Å². The van der Waals surface area contributed by atoms with Crippen molar-refractivity contribution in [3.05, 3.63) is 41.2 Å². The molecule has 0 bridgehead atoms. The zero-order chi connectivity index (χ0) is 17.8. The lowest BCUT2D eigenvalue weighted by Gasteiger charge is -2.22. The number of nitrogens with zero attached hydrogens (tertiary/aromatic N) is 4. The van der Waals surface area contributed by atoms with Crippen LogP contribution in [0.4, 0.5) is 10.1 Å². The average molecular weight is 345 g/mol. The molecule has 0 aliphatic carbocycles. The van der Waals surface area contributed by atoms with E-state index in [2.05, 4.69) is 27.0 Å². The second-order valence-electron chi connectivity index (χ2n) is 7.02. The number of aromatic nitrogens is 3. The molecular formula is C19H28FN5. The van der Waals surface area contributed by atoms with Crippen molar-refractivity contribution < 1.29 is 4.39 Å². The van der Waals surface area contributed by atoms with Gasteiger partial charge in [-0.05, 0) is 37.5 Å². The van der Waals surface area contributed by atoms with Crippen molar-refractivity contribution in [2.45, 2.75) is 51.6 Å². The van der Waals surface area contributed by atoms with E-state index >= 15 is 0 Å². The molecule has 1 aliphatic heterocycles. The van der Waals surface area contributed by atoms with E-state index in [1.165, 1.54) is 25.3 Å². The van der Waals surface area contributed by atoms with Crippen LogP contribution in [0.2, 0.25) is 0 Å². The summed E-state index contributed by atoms with van der Waals surface area (Å²) in [5, 5.41) is 12.3. The van der Waals surface area contributed by atoms with E-state index in [1.54, 1.807) is 6.07 Å². The van der Waals surface area contributed by atoms with Gasteiger partial charge in [0.1, 0.15) is 17.5 Å². The smallest absolute Gasteiger partial charge is 0.134 e. The minimum atomic E-state index is -0.203. The second-order valence-corrected chi connectivity index (χ2v) is 7.02. The molecule has 0 saturated heterocycles. The summed E-state index contributed by atoms with van der Waals surface area (Å²) in [4.78, 5) is 1.95. The van der Waals surface area contributed by atoms with E-state index in [4.69, 9.17) is 0 Å². The summed E-state index contributed by atoms with van der Waals surface area (Å²) >= 11 is 0. The van der Waals surface area contributed by atoms with E-state index in [0.717, 1.165) is 48.8 Å². The van der Waals surface area contributed by atoms with Crippen LogP contribution in [-0.2, 0) is 19.4 Å². The molecule has 0 spiro atoms. The Morgan fingerprint density at radius 2 is 2.08 bits per heavy atom. The SMILES string of the molecule is C[C@H](NCCc1nnc2n1CCCCC2)c1ccc(F)cc1N(C)C. The van der Waals surface area contributed by atoms with Crippen LogP contribution in [-0.4, -0.2) is 35.4 Å². The largest absolute Gasteiger partial charge is 0.377 e. The summed E-state index contributed by atoms with van der Waals surface area (Å²) in [6.07, 6.45) is 5.60. The zero-order valence-electron chi connectivity index (χ0n) is 15.4. The first kappa shape index (κ1) is 17.9. The van der Waals surface area contributed by atoms with Crippen molar-refractivity contribution in [1.82, 2.24) is 20.1 Å². The van der Waals surface area contributed by atoms with E-state index in [1.807, 2.05) is 25.1 Å². The van der Waals surface area contributed by atoms with Crippen molar-refractivity contribution in [2.24, 2.45) is 0 Å². The molecule has 136 valence electrons. The Morgan fingerprint density at radius 1 is 1.24 bits per heavy atom. The van der Waals surface area contributed by atoms with Crippen LogP contribution in [0.15, 0.2) is 18.2 Å². The van der Waals surface area contributed by atoms with Gasteiger partial charge in [-0.15, -0.1) is 10.2 Å². The van der Waals surface area contributed by atoms with E-state index < -0.39 is 0 Å². The van der Waals surface area contributed by atoms with E-state index in [0.29, 0.717) is 0 Å². The quantitative estimate of drug-likeness (QED) is 0.874. The Labute approximate surface area is 149 Å². The fraction of sp³-hybridized carbons (Fsp3) is 0.579. The number of benzene rings is 1. The highest BCUT2D eigenvalue weighted by Gasteiger charge is 2.16. The van der Waals surface area contributed by atoms with Gasteiger partial charge in [-0.1, -0.05) is 12.5 Å². The highest BCUT2D eigenvalue weighted by atomic mass is 19.1. The molecule has 1 N–H and O–H groups in total. The Morgan fingerprint density at radius 3 is 2.88 bits per heavy atom. The molecule has 0 fully saturated rings. The first-order chi connectivity index (χ1) is 12.1. The molecule has 1 aromatic heterocycles. The maximum atomic E-state index is 13.5. The Kier molecular flexibility index (Phi) is 5.68. The van der Waals surface area contributed by atoms with Crippen LogP contribution in [0, 0.1) is 5.82 Å². The maximum absolute atomic E-state index is 13.5. The van der Waals surface area contributed by atoms with Gasteiger partial charge in [0.25, 0.3) is 0 Å². The molecule has 1 aromatic carbocycles. The van der Waals surface area contributed by atoms with Gasteiger partial charge in [-0.3, -0.25) is 0 Å². The monoisotopic (exact) mass is 345 g/mol. The number of nitrogens with one attached hydrogen (secondary N) is 1. The third-order valence-corrected chi connectivity index (χ3v) is 4.93. The summed E-state index contributed by atoms with van der Waals surface area (Å²) in [6.45, 7) is 3.98. The number of anilines is 1. The van der Waals surface area contributed by atoms with Gasteiger partial charge >= 0.3 is 0 Å². The number of halogens is 1. The molecular weight excluding hydrogens is 317 g/mol. The molecule has 0 saturated carbocycles. The van der Waals surface area contributed by atoms with Crippen molar-refractivity contribution in [3.63, 3.8) is 0 Å². The predicted octanol–water partition coefficient (Wildman–Crippen LogP) is 3.10. The first-order valence-corrected chi connectivity index (χ1v) is 9.17. The van der Waals surface area contributed by atoms with Gasteiger partial charge in [0.15, 0.2) is 0 Å². The number of fused-ring (bicyclic) bond motifs is 1. The fourth-order valence-electron chi connectivity index (χ4n) is 3.51. The molecule has 25 heavy (non-hydrogen) atoms. The second kappa shape index (κ2) is 7.95. The number of hydrogen-bond donors (Lipinski definition) is 1. The number of aryl methyl sites for hydroxylation is 1. The van der Waals surface area contributed by atoms with Gasteiger partial charge in [0.2, 0.25) is 0 Å². The van der Waals surface area contributed by atoms with Gasteiger partial charge in [-0.2, -0.15) is 0 Å². The lowest BCUT2D eigenvalue weighted by Crippen LogP contribution is -2.24. The van der Waals surface area contributed by atoms with Gasteiger partial charge in [0.05, 0.1) is 0 Å². The third kappa shape index (κ3) is 4.18. The molecule has 0 unspecified atom stereocenters. The zero-order valence-corrected chi connectivity index (χ0v) is 15.4. The normalized spacial score (nSPS) is 15.5. The molecule has 6 heteroatoms. The average Bonchev–Trinajstić information content (AvgIpc) is 2.81. The molecule has 1 aliphatic rings. The van der Waals surface area contributed by atoms with Gasteiger partial charge < -0.3 is 14.8 Å². The topological polar surface area (TPSA) is 46.0 Å². The van der Waals surface area contributed by atoms with Crippen LogP contribution in [0.1, 0.15) is 49.4 Å². The molecule has 3 rings (SSSR count). The van der Waals surface area contributed by atoms with Crippen LogP contribution in [0.3, 0.4) is 0 Å². The molecule has 1 atom stereocenters. The minimum Gasteiger partial charge on any atom is -0.377 e. The highest BCUT2D eigenvalue weighted by Crippen LogP contribution is 2.26. The van der Waals surface area contributed by atoms with Gasteiger partial charge in [0, 0.05) is 51.8 Å². The summed E-state index contributed by atoms with van der Waals surface area (Å²) in [5.41, 5.74) is 2.02. The Hall–Kier alpha value is -1.95. The maximum Gasteiger partial charge on any atom is 0.134 e. The van der Waals surface area contributed by atoms with Crippen LogP contribution in [0.5, 0.6) is 0 Å². The fourth-order valence-corrected chi connectivity index (χ4v) is 3.51. The van der Waals surface area contributed by atoms with Crippen molar-refractivity contribution >= 4 is 5.69 Å².